The van der Waals surface area contributed by atoms with Gasteiger partial charge in [-0.25, -0.2) is 0 Å². The molecular weight excluding hydrogens is 502 g/mol. The van der Waals surface area contributed by atoms with E-state index in [1.54, 1.807) is 0 Å². The van der Waals surface area contributed by atoms with Crippen molar-refractivity contribution in [3.63, 3.8) is 0 Å². The average molecular weight is 550 g/mol. The molecule has 2 aliphatic rings. The molecule has 2 N–H and O–H groups in total. The van der Waals surface area contributed by atoms with Crippen molar-refractivity contribution < 1.29 is 9.16 Å². The fourth-order valence-electron chi connectivity index (χ4n) is 7.28. The fourth-order valence-corrected chi connectivity index (χ4v) is 13.0. The smallest absolute Gasteiger partial charge is 0.231 e. The molecule has 0 spiro atoms. The summed E-state index contributed by atoms with van der Waals surface area (Å²) in [5.74, 6) is 1.70. The maximum Gasteiger partial charge on any atom is 0.231 e. The quantitative estimate of drug-likeness (QED) is 0.300. The van der Waals surface area contributed by atoms with Gasteiger partial charge in [-0.2, -0.15) is 0 Å². The average Bonchev–Trinajstić information content (AvgIpc) is 3.32. The summed E-state index contributed by atoms with van der Waals surface area (Å²) in [6.45, 7) is 18.3. The van der Waals surface area contributed by atoms with E-state index >= 15 is 0 Å². The van der Waals surface area contributed by atoms with E-state index in [0.29, 0.717) is 16.6 Å². The molecule has 5 rings (SSSR count). The lowest BCUT2D eigenvalue weighted by atomic mass is 9.86. The first-order valence-electron chi connectivity index (χ1n) is 14.8. The lowest BCUT2D eigenvalue weighted by molar-refractivity contribution is 0.0423. The van der Waals surface area contributed by atoms with Crippen molar-refractivity contribution in [1.82, 2.24) is 14.6 Å². The van der Waals surface area contributed by atoms with Gasteiger partial charge in [-0.15, -0.1) is 10.2 Å². The number of hydrogen-bond donors (Lipinski definition) is 1. The monoisotopic (exact) mass is 549 g/mol. The zero-order chi connectivity index (χ0) is 27.9. The Labute approximate surface area is 235 Å². The Balaban J connectivity index is 1.33. The molecule has 212 valence electrons. The minimum absolute atomic E-state index is 0.00136. The summed E-state index contributed by atoms with van der Waals surface area (Å²) in [6.07, 6.45) is 5.84. The van der Waals surface area contributed by atoms with Crippen molar-refractivity contribution in [2.75, 3.05) is 18.0 Å². The van der Waals surface area contributed by atoms with Crippen LogP contribution < -0.4 is 15.4 Å². The first-order chi connectivity index (χ1) is 18.5. The van der Waals surface area contributed by atoms with Crippen LogP contribution >= 0.6 is 0 Å². The summed E-state index contributed by atoms with van der Waals surface area (Å²) >= 11 is 0. The second-order valence-corrected chi connectivity index (χ2v) is 18.2. The SMILES string of the molecule is CC(C)[Si](OC1(C)CCN(c2nnc3ccc(O[C@@H]4CC[C@H](N)c5ccccc54)cn23)CC1)(C(C)C)C(C)C. The third-order valence-electron chi connectivity index (χ3n) is 9.35. The van der Waals surface area contributed by atoms with Gasteiger partial charge in [0.1, 0.15) is 11.9 Å². The molecule has 1 fully saturated rings. The minimum Gasteiger partial charge on any atom is -0.484 e. The van der Waals surface area contributed by atoms with Gasteiger partial charge in [-0.3, -0.25) is 4.40 Å². The van der Waals surface area contributed by atoms with Crippen LogP contribution in [0.15, 0.2) is 42.6 Å². The molecule has 1 saturated heterocycles. The zero-order valence-corrected chi connectivity index (χ0v) is 25.9. The summed E-state index contributed by atoms with van der Waals surface area (Å²) in [6, 6.07) is 12.5. The molecule has 0 saturated carbocycles. The first-order valence-corrected chi connectivity index (χ1v) is 17.0. The van der Waals surface area contributed by atoms with Crippen LogP contribution in [0.5, 0.6) is 5.75 Å². The third-order valence-corrected chi connectivity index (χ3v) is 15.6. The topological polar surface area (TPSA) is 77.9 Å². The van der Waals surface area contributed by atoms with E-state index in [4.69, 9.17) is 14.9 Å². The molecule has 7 nitrogen and oxygen atoms in total. The van der Waals surface area contributed by atoms with Gasteiger partial charge >= 0.3 is 0 Å². The molecule has 0 amide bonds. The van der Waals surface area contributed by atoms with Gasteiger partial charge in [0.2, 0.25) is 14.3 Å². The van der Waals surface area contributed by atoms with E-state index in [1.807, 2.05) is 18.3 Å². The van der Waals surface area contributed by atoms with Crippen LogP contribution in [0.25, 0.3) is 5.65 Å². The number of hydrogen-bond acceptors (Lipinski definition) is 6. The first kappa shape index (κ1) is 28.1. The Hall–Kier alpha value is -2.42. The largest absolute Gasteiger partial charge is 0.484 e. The van der Waals surface area contributed by atoms with Crippen LogP contribution in [-0.4, -0.2) is 41.6 Å². The second-order valence-electron chi connectivity index (χ2n) is 12.9. The number of nitrogens with zero attached hydrogens (tertiary/aromatic N) is 4. The molecule has 1 aliphatic carbocycles. The standard InChI is InChI=1S/C31H47N5O2Si/c1-21(2)39(22(3)4,23(5)6)38-31(7)16-18-35(19-17-31)30-34-33-29-15-12-24(20-36(29)30)37-28-14-13-27(32)25-10-8-9-11-26(25)28/h8-12,15,20-23,27-28H,13-14,16-19,32H2,1-7H3/t27-,28+/m0/s1. The maximum absolute atomic E-state index is 7.28. The van der Waals surface area contributed by atoms with E-state index in [9.17, 15) is 0 Å². The second kappa shape index (κ2) is 10.9. The summed E-state index contributed by atoms with van der Waals surface area (Å²) < 4.78 is 15.9. The normalized spacial score (nSPS) is 21.7. The number of fused-ring (bicyclic) bond motifs is 2. The van der Waals surface area contributed by atoms with Crippen LogP contribution in [0, 0.1) is 0 Å². The number of pyridine rings is 1. The number of ether oxygens (including phenoxy) is 1. The minimum atomic E-state index is -1.95. The highest BCUT2D eigenvalue weighted by molar-refractivity contribution is 6.77. The zero-order valence-electron chi connectivity index (χ0n) is 24.9. The highest BCUT2D eigenvalue weighted by Crippen LogP contribution is 2.46. The molecule has 3 aromatic rings. The molecule has 0 bridgehead atoms. The van der Waals surface area contributed by atoms with Gasteiger partial charge in [0.15, 0.2) is 5.65 Å². The lowest BCUT2D eigenvalue weighted by Gasteiger charge is -2.50. The van der Waals surface area contributed by atoms with E-state index in [0.717, 1.165) is 56.1 Å². The summed E-state index contributed by atoms with van der Waals surface area (Å²) in [4.78, 5) is 2.35. The van der Waals surface area contributed by atoms with Gasteiger partial charge in [0.05, 0.1) is 11.8 Å². The number of anilines is 1. The van der Waals surface area contributed by atoms with Gasteiger partial charge in [-0.1, -0.05) is 65.8 Å². The molecule has 2 aromatic heterocycles. The molecule has 2 atom stereocenters. The van der Waals surface area contributed by atoms with Crippen molar-refractivity contribution in [1.29, 1.82) is 0 Å². The number of rotatable bonds is 8. The Bertz CT molecular complexity index is 1260. The van der Waals surface area contributed by atoms with Gasteiger partial charge in [-0.05, 0) is 72.5 Å². The van der Waals surface area contributed by atoms with Crippen LogP contribution in [0.4, 0.5) is 5.95 Å². The fraction of sp³-hybridized carbons (Fsp3) is 0.613. The third kappa shape index (κ3) is 5.23. The number of piperidine rings is 1. The van der Waals surface area contributed by atoms with Gasteiger partial charge in [0, 0.05) is 19.1 Å². The molecule has 8 heteroatoms. The van der Waals surface area contributed by atoms with Crippen molar-refractivity contribution in [2.24, 2.45) is 5.73 Å². The summed E-state index contributed by atoms with van der Waals surface area (Å²) in [5.41, 5.74) is 11.2. The van der Waals surface area contributed by atoms with Crippen molar-refractivity contribution in [3.05, 3.63) is 53.7 Å². The van der Waals surface area contributed by atoms with Crippen molar-refractivity contribution in [2.45, 2.75) is 109 Å². The van der Waals surface area contributed by atoms with Crippen LogP contribution in [0.1, 0.15) is 97.4 Å². The Kier molecular flexibility index (Phi) is 7.83. The lowest BCUT2D eigenvalue weighted by Crippen LogP contribution is -2.56. The molecule has 39 heavy (non-hydrogen) atoms. The van der Waals surface area contributed by atoms with E-state index in [-0.39, 0.29) is 17.7 Å². The Morgan fingerprint density at radius 2 is 1.54 bits per heavy atom. The Morgan fingerprint density at radius 1 is 0.897 bits per heavy atom. The number of nitrogens with two attached hydrogens (primary N) is 1. The molecule has 0 unspecified atom stereocenters. The van der Waals surface area contributed by atoms with Crippen LogP contribution in [-0.2, 0) is 4.43 Å². The molecule has 3 heterocycles. The number of benzene rings is 1. The molecule has 1 aromatic carbocycles. The van der Waals surface area contributed by atoms with Gasteiger partial charge < -0.3 is 19.8 Å². The van der Waals surface area contributed by atoms with Crippen LogP contribution in [0.2, 0.25) is 16.6 Å². The predicted molar refractivity (Wildman–Crippen MR) is 161 cm³/mol. The molecular formula is C31H47N5O2Si. The van der Waals surface area contributed by atoms with Gasteiger partial charge in [0.25, 0.3) is 0 Å². The van der Waals surface area contributed by atoms with E-state index in [2.05, 4.69) is 92.2 Å². The molecule has 1 aliphatic heterocycles. The van der Waals surface area contributed by atoms with E-state index in [1.165, 1.54) is 11.1 Å². The van der Waals surface area contributed by atoms with E-state index < -0.39 is 8.32 Å². The summed E-state index contributed by atoms with van der Waals surface area (Å²) in [5, 5.41) is 9.06. The number of aromatic nitrogens is 3. The highest BCUT2D eigenvalue weighted by atomic mass is 28.4. The summed E-state index contributed by atoms with van der Waals surface area (Å²) in [7, 11) is -1.95. The Morgan fingerprint density at radius 3 is 2.18 bits per heavy atom. The predicted octanol–water partition coefficient (Wildman–Crippen LogP) is 7.19. The maximum atomic E-state index is 7.28. The van der Waals surface area contributed by atoms with Crippen molar-refractivity contribution in [3.8, 4) is 5.75 Å². The highest BCUT2D eigenvalue weighted by Gasteiger charge is 2.50. The van der Waals surface area contributed by atoms with Crippen LogP contribution in [0.3, 0.4) is 0 Å². The molecule has 0 radical (unpaired) electrons. The van der Waals surface area contributed by atoms with Crippen molar-refractivity contribution >= 4 is 19.9 Å².